The van der Waals surface area contributed by atoms with Gasteiger partial charge >= 0.3 is 0 Å². The van der Waals surface area contributed by atoms with Crippen molar-refractivity contribution >= 4 is 10.0 Å². The fourth-order valence-electron chi connectivity index (χ4n) is 2.65. The summed E-state index contributed by atoms with van der Waals surface area (Å²) in [5, 5.41) is 3.22. The van der Waals surface area contributed by atoms with Crippen LogP contribution in [0.15, 0.2) is 15.4 Å². The number of hydrogen-bond acceptors (Lipinski definition) is 4. The van der Waals surface area contributed by atoms with Gasteiger partial charge in [-0.15, -0.1) is 0 Å². The molecule has 0 aliphatic carbocycles. The average molecular weight is 300 g/mol. The normalized spacial score (nSPS) is 20.6. The summed E-state index contributed by atoms with van der Waals surface area (Å²) >= 11 is 0. The van der Waals surface area contributed by atoms with Crippen molar-refractivity contribution in [2.45, 2.75) is 57.5 Å². The van der Waals surface area contributed by atoms with Crippen LogP contribution in [0, 0.1) is 6.92 Å². The van der Waals surface area contributed by atoms with Gasteiger partial charge in [-0.1, -0.05) is 6.92 Å². The van der Waals surface area contributed by atoms with Gasteiger partial charge in [0.05, 0.1) is 6.54 Å². The van der Waals surface area contributed by atoms with Gasteiger partial charge in [-0.05, 0) is 39.7 Å². The van der Waals surface area contributed by atoms with Crippen molar-refractivity contribution in [3.05, 3.63) is 17.6 Å². The molecule has 1 aliphatic rings. The molecule has 114 valence electrons. The van der Waals surface area contributed by atoms with Crippen LogP contribution in [0.2, 0.25) is 0 Å². The molecule has 0 amide bonds. The van der Waals surface area contributed by atoms with Gasteiger partial charge < -0.3 is 9.73 Å². The molecule has 0 aromatic carbocycles. The number of sulfonamides is 1. The highest BCUT2D eigenvalue weighted by Crippen LogP contribution is 2.29. The van der Waals surface area contributed by atoms with E-state index in [9.17, 15) is 8.42 Å². The number of aryl methyl sites for hydroxylation is 1. The first kappa shape index (κ1) is 15.5. The van der Waals surface area contributed by atoms with Crippen LogP contribution in [-0.2, 0) is 16.6 Å². The van der Waals surface area contributed by atoms with Gasteiger partial charge in [0, 0.05) is 18.7 Å². The van der Waals surface area contributed by atoms with Gasteiger partial charge in [-0.25, -0.2) is 8.42 Å². The third-order valence-electron chi connectivity index (χ3n) is 3.73. The second-order valence-corrected chi connectivity index (χ2v) is 7.28. The lowest BCUT2D eigenvalue weighted by Gasteiger charge is -2.20. The van der Waals surface area contributed by atoms with E-state index in [1.807, 2.05) is 6.92 Å². The number of furan rings is 1. The number of rotatable bonds is 6. The summed E-state index contributed by atoms with van der Waals surface area (Å²) in [5.41, 5.74) is 0. The molecule has 1 saturated heterocycles. The minimum atomic E-state index is -3.42. The number of nitrogens with zero attached hydrogens (tertiary/aromatic N) is 1. The highest BCUT2D eigenvalue weighted by atomic mass is 32.2. The van der Waals surface area contributed by atoms with E-state index >= 15 is 0 Å². The number of hydrogen-bond donors (Lipinski definition) is 1. The molecule has 1 unspecified atom stereocenters. The Hall–Kier alpha value is -0.850. The maximum atomic E-state index is 12.7. The minimum Gasteiger partial charge on any atom is -0.464 e. The van der Waals surface area contributed by atoms with Crippen molar-refractivity contribution in [1.29, 1.82) is 0 Å². The van der Waals surface area contributed by atoms with Crippen molar-refractivity contribution < 1.29 is 12.8 Å². The van der Waals surface area contributed by atoms with Gasteiger partial charge in [-0.3, -0.25) is 0 Å². The Morgan fingerprint density at radius 1 is 1.50 bits per heavy atom. The standard InChI is InChI=1S/C14H24N2O3S/c1-4-7-15-10-13-9-14(12(3)19-13)20(17,18)16-8-5-6-11(16)2/h9,11,15H,4-8,10H2,1-3H3. The Labute approximate surface area is 121 Å². The molecule has 0 spiro atoms. The summed E-state index contributed by atoms with van der Waals surface area (Å²) in [7, 11) is -3.42. The third kappa shape index (κ3) is 3.07. The molecule has 0 bridgehead atoms. The molecule has 0 radical (unpaired) electrons. The maximum absolute atomic E-state index is 12.7. The lowest BCUT2D eigenvalue weighted by atomic mass is 10.3. The highest BCUT2D eigenvalue weighted by Gasteiger charge is 2.34. The van der Waals surface area contributed by atoms with Crippen molar-refractivity contribution in [1.82, 2.24) is 9.62 Å². The first-order chi connectivity index (χ1) is 9.46. The molecule has 0 saturated carbocycles. The fraction of sp³-hybridized carbons (Fsp3) is 0.714. The van der Waals surface area contributed by atoms with Crippen molar-refractivity contribution in [2.24, 2.45) is 0 Å². The van der Waals surface area contributed by atoms with Crippen LogP contribution in [0.3, 0.4) is 0 Å². The Morgan fingerprint density at radius 3 is 2.85 bits per heavy atom. The molecule has 1 aromatic heterocycles. The molecule has 20 heavy (non-hydrogen) atoms. The monoisotopic (exact) mass is 300 g/mol. The zero-order valence-corrected chi connectivity index (χ0v) is 13.3. The average Bonchev–Trinajstić information content (AvgIpc) is 2.96. The van der Waals surface area contributed by atoms with Crippen LogP contribution in [0.4, 0.5) is 0 Å². The van der Waals surface area contributed by atoms with Crippen LogP contribution in [0.25, 0.3) is 0 Å². The molecule has 1 fully saturated rings. The van der Waals surface area contributed by atoms with Crippen LogP contribution >= 0.6 is 0 Å². The number of nitrogens with one attached hydrogen (secondary N) is 1. The van der Waals surface area contributed by atoms with Crippen LogP contribution < -0.4 is 5.32 Å². The van der Waals surface area contributed by atoms with E-state index in [1.54, 1.807) is 17.3 Å². The van der Waals surface area contributed by atoms with Gasteiger partial charge in [0.25, 0.3) is 0 Å². The third-order valence-corrected chi connectivity index (χ3v) is 5.85. The van der Waals surface area contributed by atoms with E-state index in [-0.39, 0.29) is 6.04 Å². The van der Waals surface area contributed by atoms with Crippen molar-refractivity contribution in [2.75, 3.05) is 13.1 Å². The fourth-order valence-corrected chi connectivity index (χ4v) is 4.53. The molecule has 5 nitrogen and oxygen atoms in total. The maximum Gasteiger partial charge on any atom is 0.246 e. The van der Waals surface area contributed by atoms with E-state index < -0.39 is 10.0 Å². The lowest BCUT2D eigenvalue weighted by Crippen LogP contribution is -2.33. The van der Waals surface area contributed by atoms with Crippen LogP contribution in [0.1, 0.15) is 44.6 Å². The Kier molecular flexibility index (Phi) is 4.88. The largest absolute Gasteiger partial charge is 0.464 e. The van der Waals surface area contributed by atoms with Crippen LogP contribution in [-0.4, -0.2) is 31.9 Å². The van der Waals surface area contributed by atoms with Gasteiger partial charge in [0.1, 0.15) is 16.4 Å². The SMILES string of the molecule is CCCNCc1cc(S(=O)(=O)N2CCCC2C)c(C)o1. The molecule has 1 aromatic rings. The summed E-state index contributed by atoms with van der Waals surface area (Å²) < 4.78 is 32.5. The molecule has 2 rings (SSSR count). The van der Waals surface area contributed by atoms with E-state index in [0.717, 1.165) is 25.8 Å². The molecule has 1 aliphatic heterocycles. The topological polar surface area (TPSA) is 62.6 Å². The van der Waals surface area contributed by atoms with Gasteiger partial charge in [0.2, 0.25) is 10.0 Å². The highest BCUT2D eigenvalue weighted by molar-refractivity contribution is 7.89. The minimum absolute atomic E-state index is 0.0796. The predicted octanol–water partition coefficient (Wildman–Crippen LogP) is 2.26. The van der Waals surface area contributed by atoms with E-state index in [2.05, 4.69) is 12.2 Å². The smallest absolute Gasteiger partial charge is 0.246 e. The molecule has 1 atom stereocenters. The zero-order chi connectivity index (χ0) is 14.8. The molecular formula is C14H24N2O3S. The van der Waals surface area contributed by atoms with Crippen molar-refractivity contribution in [3.8, 4) is 0 Å². The van der Waals surface area contributed by atoms with Crippen molar-refractivity contribution in [3.63, 3.8) is 0 Å². The van der Waals surface area contributed by atoms with Gasteiger partial charge in [0.15, 0.2) is 0 Å². The lowest BCUT2D eigenvalue weighted by molar-refractivity contribution is 0.405. The first-order valence-corrected chi connectivity index (χ1v) is 8.72. The quantitative estimate of drug-likeness (QED) is 0.819. The van der Waals surface area contributed by atoms with E-state index in [0.29, 0.717) is 29.5 Å². The Morgan fingerprint density at radius 2 is 2.25 bits per heavy atom. The second-order valence-electron chi connectivity index (χ2n) is 5.42. The summed E-state index contributed by atoms with van der Waals surface area (Å²) in [6.07, 6.45) is 2.90. The second kappa shape index (κ2) is 6.28. The van der Waals surface area contributed by atoms with E-state index in [1.165, 1.54) is 0 Å². The van der Waals surface area contributed by atoms with E-state index in [4.69, 9.17) is 4.42 Å². The predicted molar refractivity (Wildman–Crippen MR) is 78.0 cm³/mol. The first-order valence-electron chi connectivity index (χ1n) is 7.28. The summed E-state index contributed by atoms with van der Waals surface area (Å²) in [6.45, 7) is 7.84. The van der Waals surface area contributed by atoms with Crippen LogP contribution in [0.5, 0.6) is 0 Å². The molecular weight excluding hydrogens is 276 g/mol. The molecule has 6 heteroatoms. The summed E-state index contributed by atoms with van der Waals surface area (Å²) in [6, 6.07) is 1.74. The summed E-state index contributed by atoms with van der Waals surface area (Å²) in [4.78, 5) is 0.319. The molecule has 2 heterocycles. The zero-order valence-electron chi connectivity index (χ0n) is 12.5. The molecule has 1 N–H and O–H groups in total. The summed E-state index contributed by atoms with van der Waals surface area (Å²) in [5.74, 6) is 1.17. The van der Waals surface area contributed by atoms with Gasteiger partial charge in [-0.2, -0.15) is 4.31 Å². The Bertz CT molecular complexity index is 551. The Balaban J connectivity index is 2.19.